The highest BCUT2D eigenvalue weighted by Gasteiger charge is 2.09. The van der Waals surface area contributed by atoms with Crippen LogP contribution in [-0.4, -0.2) is 12.1 Å². The molecule has 0 atom stereocenters. The Kier molecular flexibility index (Phi) is 2.43. The van der Waals surface area contributed by atoms with Gasteiger partial charge in [0.25, 0.3) is 0 Å². The van der Waals surface area contributed by atoms with Crippen LogP contribution >= 0.6 is 0 Å². The first-order valence-corrected chi connectivity index (χ1v) is 4.68. The van der Waals surface area contributed by atoms with Crippen LogP contribution in [0.3, 0.4) is 0 Å². The van der Waals surface area contributed by atoms with Gasteiger partial charge in [0.05, 0.1) is 7.11 Å². The monoisotopic (exact) mass is 203 g/mol. The predicted molar refractivity (Wildman–Crippen MR) is 60.6 cm³/mol. The highest BCUT2D eigenvalue weighted by atomic mass is 16.5. The highest BCUT2D eigenvalue weighted by molar-refractivity contribution is 5.95. The minimum Gasteiger partial charge on any atom is -0.494 e. The average molecular weight is 203 g/mol. The summed E-state index contributed by atoms with van der Waals surface area (Å²) >= 11 is 0. The molecule has 78 valence electrons. The molecule has 1 heterocycles. The minimum absolute atomic E-state index is 0.396. The third kappa shape index (κ3) is 1.49. The first-order valence-electron chi connectivity index (χ1n) is 4.68. The van der Waals surface area contributed by atoms with Crippen LogP contribution in [0.4, 0.5) is 5.69 Å². The fourth-order valence-corrected chi connectivity index (χ4v) is 1.62. The van der Waals surface area contributed by atoms with E-state index in [9.17, 15) is 0 Å². The summed E-state index contributed by atoms with van der Waals surface area (Å²) in [5, 5.41) is 0.886. The number of ether oxygens (including phenoxy) is 1. The van der Waals surface area contributed by atoms with E-state index in [1.54, 1.807) is 13.3 Å². The number of aromatic nitrogens is 1. The van der Waals surface area contributed by atoms with Crippen molar-refractivity contribution in [2.45, 2.75) is 6.54 Å². The molecule has 0 saturated heterocycles. The number of nitrogens with zero attached hydrogens (tertiary/aromatic N) is 1. The molecule has 0 spiro atoms. The van der Waals surface area contributed by atoms with Gasteiger partial charge in [-0.25, -0.2) is 0 Å². The summed E-state index contributed by atoms with van der Waals surface area (Å²) in [4.78, 5) is 4.24. The number of methoxy groups -OCH3 is 1. The van der Waals surface area contributed by atoms with Gasteiger partial charge in [0.15, 0.2) is 0 Å². The fourth-order valence-electron chi connectivity index (χ4n) is 1.62. The van der Waals surface area contributed by atoms with Crippen LogP contribution in [-0.2, 0) is 6.54 Å². The summed E-state index contributed by atoms with van der Waals surface area (Å²) in [7, 11) is 1.61. The van der Waals surface area contributed by atoms with Gasteiger partial charge in [-0.05, 0) is 23.8 Å². The molecule has 0 fully saturated rings. The van der Waals surface area contributed by atoms with Gasteiger partial charge in [-0.3, -0.25) is 4.98 Å². The lowest BCUT2D eigenvalue weighted by atomic mass is 10.1. The molecule has 15 heavy (non-hydrogen) atoms. The number of anilines is 1. The van der Waals surface area contributed by atoms with Crippen LogP contribution < -0.4 is 16.2 Å². The van der Waals surface area contributed by atoms with Crippen molar-refractivity contribution in [3.63, 3.8) is 0 Å². The first-order chi connectivity index (χ1) is 7.27. The molecule has 4 N–H and O–H groups in total. The quantitative estimate of drug-likeness (QED) is 0.721. The van der Waals surface area contributed by atoms with Crippen LogP contribution in [0, 0.1) is 0 Å². The van der Waals surface area contributed by atoms with E-state index in [0.717, 1.165) is 16.5 Å². The number of fused-ring (bicyclic) bond motifs is 1. The van der Waals surface area contributed by atoms with Crippen LogP contribution in [0.15, 0.2) is 24.4 Å². The topological polar surface area (TPSA) is 74.2 Å². The van der Waals surface area contributed by atoms with Gasteiger partial charge in [-0.15, -0.1) is 0 Å². The van der Waals surface area contributed by atoms with Crippen molar-refractivity contribution in [3.05, 3.63) is 30.0 Å². The zero-order valence-corrected chi connectivity index (χ0v) is 8.53. The molecule has 2 aromatic rings. The van der Waals surface area contributed by atoms with Crippen molar-refractivity contribution in [1.82, 2.24) is 4.98 Å². The van der Waals surface area contributed by atoms with Gasteiger partial charge in [0, 0.05) is 23.8 Å². The predicted octanol–water partition coefficient (Wildman–Crippen LogP) is 1.28. The minimum atomic E-state index is 0.396. The lowest BCUT2D eigenvalue weighted by Gasteiger charge is -2.10. The lowest BCUT2D eigenvalue weighted by molar-refractivity contribution is 0.418. The van der Waals surface area contributed by atoms with Gasteiger partial charge in [0.2, 0.25) is 0 Å². The van der Waals surface area contributed by atoms with E-state index in [2.05, 4.69) is 4.98 Å². The SMILES string of the molecule is COc1cc(CN)c(N)c2cccnc12. The first kappa shape index (κ1) is 9.73. The molecule has 0 unspecified atom stereocenters. The standard InChI is InChI=1S/C11H13N3O/c1-15-9-5-7(6-12)10(13)8-3-2-4-14-11(8)9/h2-5H,6,12-13H2,1H3. The number of nitrogen functional groups attached to an aromatic ring is 1. The molecular weight excluding hydrogens is 190 g/mol. The van der Waals surface area contributed by atoms with Gasteiger partial charge >= 0.3 is 0 Å². The maximum absolute atomic E-state index is 5.98. The van der Waals surface area contributed by atoms with E-state index in [-0.39, 0.29) is 0 Å². The summed E-state index contributed by atoms with van der Waals surface area (Å²) in [5.74, 6) is 0.709. The second kappa shape index (κ2) is 3.74. The summed E-state index contributed by atoms with van der Waals surface area (Å²) in [6, 6.07) is 5.60. The normalized spacial score (nSPS) is 10.5. The van der Waals surface area contributed by atoms with E-state index in [0.29, 0.717) is 18.0 Å². The van der Waals surface area contributed by atoms with Crippen molar-refractivity contribution in [2.75, 3.05) is 12.8 Å². The summed E-state index contributed by atoms with van der Waals surface area (Å²) in [6.07, 6.45) is 1.71. The Morgan fingerprint density at radius 3 is 2.93 bits per heavy atom. The number of benzene rings is 1. The number of pyridine rings is 1. The zero-order valence-electron chi connectivity index (χ0n) is 8.53. The van der Waals surface area contributed by atoms with E-state index in [1.165, 1.54) is 0 Å². The lowest BCUT2D eigenvalue weighted by Crippen LogP contribution is -2.03. The van der Waals surface area contributed by atoms with Crippen LogP contribution in [0.2, 0.25) is 0 Å². The molecule has 0 bridgehead atoms. The molecule has 0 aliphatic rings. The summed E-state index contributed by atoms with van der Waals surface area (Å²) in [6.45, 7) is 0.396. The molecule has 4 nitrogen and oxygen atoms in total. The average Bonchev–Trinajstić information content (AvgIpc) is 2.30. The Balaban J connectivity index is 2.84. The zero-order chi connectivity index (χ0) is 10.8. The maximum atomic E-state index is 5.98. The van der Waals surface area contributed by atoms with E-state index in [1.807, 2.05) is 18.2 Å². The maximum Gasteiger partial charge on any atom is 0.145 e. The molecule has 4 heteroatoms. The van der Waals surface area contributed by atoms with Gasteiger partial charge in [-0.2, -0.15) is 0 Å². The molecule has 2 rings (SSSR count). The van der Waals surface area contributed by atoms with Gasteiger partial charge < -0.3 is 16.2 Å². The van der Waals surface area contributed by atoms with Crippen molar-refractivity contribution >= 4 is 16.6 Å². The molecule has 0 saturated carbocycles. The second-order valence-corrected chi connectivity index (χ2v) is 3.26. The third-order valence-electron chi connectivity index (χ3n) is 2.42. The van der Waals surface area contributed by atoms with Gasteiger partial charge in [0.1, 0.15) is 11.3 Å². The third-order valence-corrected chi connectivity index (χ3v) is 2.42. The Labute approximate surface area is 87.9 Å². The van der Waals surface area contributed by atoms with E-state index >= 15 is 0 Å². The smallest absolute Gasteiger partial charge is 0.145 e. The summed E-state index contributed by atoms with van der Waals surface area (Å²) in [5.41, 5.74) is 13.9. The van der Waals surface area contributed by atoms with Crippen LogP contribution in [0.25, 0.3) is 10.9 Å². The van der Waals surface area contributed by atoms with Crippen molar-refractivity contribution in [2.24, 2.45) is 5.73 Å². The Hall–Kier alpha value is -1.81. The van der Waals surface area contributed by atoms with Crippen molar-refractivity contribution < 1.29 is 4.74 Å². The van der Waals surface area contributed by atoms with Gasteiger partial charge in [-0.1, -0.05) is 0 Å². The molecule has 0 aliphatic carbocycles. The van der Waals surface area contributed by atoms with E-state index in [4.69, 9.17) is 16.2 Å². The Bertz CT molecular complexity index is 496. The molecule has 1 aromatic carbocycles. The van der Waals surface area contributed by atoms with Crippen molar-refractivity contribution in [1.29, 1.82) is 0 Å². The molecule has 1 aromatic heterocycles. The number of rotatable bonds is 2. The van der Waals surface area contributed by atoms with Crippen molar-refractivity contribution in [3.8, 4) is 5.75 Å². The molecule has 0 aliphatic heterocycles. The molecular formula is C11H13N3O. The molecule has 0 amide bonds. The molecule has 0 radical (unpaired) electrons. The number of hydrogen-bond donors (Lipinski definition) is 2. The second-order valence-electron chi connectivity index (χ2n) is 3.26. The van der Waals surface area contributed by atoms with Crippen LogP contribution in [0.1, 0.15) is 5.56 Å². The largest absolute Gasteiger partial charge is 0.494 e. The Morgan fingerprint density at radius 1 is 1.47 bits per heavy atom. The fraction of sp³-hybridized carbons (Fsp3) is 0.182. The van der Waals surface area contributed by atoms with Crippen LogP contribution in [0.5, 0.6) is 5.75 Å². The number of nitrogens with two attached hydrogens (primary N) is 2. The number of hydrogen-bond acceptors (Lipinski definition) is 4. The Morgan fingerprint density at radius 2 is 2.27 bits per heavy atom. The summed E-state index contributed by atoms with van der Waals surface area (Å²) < 4.78 is 5.25. The highest BCUT2D eigenvalue weighted by Crippen LogP contribution is 2.31. The van der Waals surface area contributed by atoms with E-state index < -0.39 is 0 Å².